The first kappa shape index (κ1) is 16.7. The van der Waals surface area contributed by atoms with E-state index in [1.807, 2.05) is 13.8 Å². The second kappa shape index (κ2) is 6.03. The molecule has 18 heavy (non-hydrogen) atoms. The molecule has 2 N–H and O–H groups in total. The molecule has 0 spiro atoms. The van der Waals surface area contributed by atoms with Crippen LogP contribution in [0.15, 0.2) is 0 Å². The van der Waals surface area contributed by atoms with Gasteiger partial charge in [-0.3, -0.25) is 4.79 Å². The number of ether oxygens (including phenoxy) is 1. The van der Waals surface area contributed by atoms with Crippen LogP contribution in [0.25, 0.3) is 0 Å². The minimum absolute atomic E-state index is 0.107. The third-order valence-corrected chi connectivity index (χ3v) is 2.76. The van der Waals surface area contributed by atoms with Crippen molar-refractivity contribution in [3.05, 3.63) is 0 Å². The first-order valence-corrected chi connectivity index (χ1v) is 5.12. The third kappa shape index (κ3) is 4.52. The highest BCUT2D eigenvalue weighted by atomic mass is 19.4. The Balaban J connectivity index is 0.000000360. The number of halogens is 3. The van der Waals surface area contributed by atoms with Gasteiger partial charge in [0.25, 0.3) is 0 Å². The van der Waals surface area contributed by atoms with Crippen molar-refractivity contribution >= 4 is 11.9 Å². The summed E-state index contributed by atoms with van der Waals surface area (Å²) in [4.78, 5) is 20.1. The van der Waals surface area contributed by atoms with Gasteiger partial charge in [0.05, 0.1) is 12.5 Å². The van der Waals surface area contributed by atoms with Crippen molar-refractivity contribution in [1.29, 1.82) is 0 Å². The molecule has 0 amide bonds. The summed E-state index contributed by atoms with van der Waals surface area (Å²) in [5.74, 6) is -2.42. The molecule has 1 aliphatic rings. The largest absolute Gasteiger partial charge is 0.490 e. The first-order valence-electron chi connectivity index (χ1n) is 5.12. The molecule has 0 bridgehead atoms. The van der Waals surface area contributed by atoms with Crippen molar-refractivity contribution < 1.29 is 32.6 Å². The Bertz CT molecular complexity index is 311. The highest BCUT2D eigenvalue weighted by molar-refractivity contribution is 5.76. The Kier molecular flexibility index (Phi) is 5.59. The van der Waals surface area contributed by atoms with Gasteiger partial charge in [0, 0.05) is 13.1 Å². The lowest BCUT2D eigenvalue weighted by Crippen LogP contribution is -2.52. The molecule has 0 aromatic carbocycles. The van der Waals surface area contributed by atoms with E-state index >= 15 is 0 Å². The maximum absolute atomic E-state index is 11.2. The number of carboxylic acid groups (broad SMARTS) is 1. The van der Waals surface area contributed by atoms with E-state index in [0.29, 0.717) is 5.92 Å². The Labute approximate surface area is 102 Å². The van der Waals surface area contributed by atoms with Crippen LogP contribution in [-0.4, -0.2) is 43.4 Å². The topological polar surface area (TPSA) is 75.6 Å². The molecule has 1 rings (SSSR count). The summed E-state index contributed by atoms with van der Waals surface area (Å²) in [7, 11) is 1.44. The van der Waals surface area contributed by atoms with Crippen molar-refractivity contribution in [1.82, 2.24) is 5.32 Å². The van der Waals surface area contributed by atoms with Gasteiger partial charge in [-0.15, -0.1) is 0 Å². The fourth-order valence-electron chi connectivity index (χ4n) is 1.23. The molecule has 0 radical (unpaired) electrons. The predicted molar refractivity (Wildman–Crippen MR) is 55.8 cm³/mol. The number of hydrogen-bond donors (Lipinski definition) is 2. The molecule has 0 aliphatic carbocycles. The second-order valence-electron chi connectivity index (χ2n) is 4.37. The highest BCUT2D eigenvalue weighted by Gasteiger charge is 2.40. The molecule has 0 unspecified atom stereocenters. The zero-order chi connectivity index (χ0) is 14.6. The molecule has 0 atom stereocenters. The lowest BCUT2D eigenvalue weighted by Gasteiger charge is -2.38. The van der Waals surface area contributed by atoms with E-state index < -0.39 is 12.1 Å². The summed E-state index contributed by atoms with van der Waals surface area (Å²) in [5.41, 5.74) is -0.319. The van der Waals surface area contributed by atoms with Gasteiger partial charge in [0.1, 0.15) is 0 Å². The van der Waals surface area contributed by atoms with Gasteiger partial charge < -0.3 is 15.2 Å². The first-order chi connectivity index (χ1) is 8.03. The molecule has 1 saturated heterocycles. The normalized spacial score (nSPS) is 16.1. The van der Waals surface area contributed by atoms with E-state index in [0.717, 1.165) is 13.1 Å². The number of carboxylic acids is 1. The van der Waals surface area contributed by atoms with Crippen LogP contribution in [0.4, 0.5) is 13.2 Å². The van der Waals surface area contributed by atoms with Crippen LogP contribution in [0, 0.1) is 11.3 Å². The smallest absolute Gasteiger partial charge is 0.475 e. The van der Waals surface area contributed by atoms with Crippen molar-refractivity contribution in [2.75, 3.05) is 20.2 Å². The van der Waals surface area contributed by atoms with Gasteiger partial charge in [-0.25, -0.2) is 4.79 Å². The molecule has 0 aromatic rings. The Morgan fingerprint density at radius 3 is 1.83 bits per heavy atom. The Morgan fingerprint density at radius 1 is 1.28 bits per heavy atom. The summed E-state index contributed by atoms with van der Waals surface area (Å²) in [6.07, 6.45) is -5.08. The monoisotopic (exact) mass is 271 g/mol. The zero-order valence-electron chi connectivity index (χ0n) is 10.3. The van der Waals surface area contributed by atoms with Gasteiger partial charge in [-0.2, -0.15) is 13.2 Å². The Morgan fingerprint density at radius 2 is 1.67 bits per heavy atom. The number of alkyl halides is 3. The number of carbonyl (C=O) groups excluding carboxylic acids is 1. The average molecular weight is 271 g/mol. The molecule has 0 aromatic heterocycles. The van der Waals surface area contributed by atoms with Crippen LogP contribution in [0.1, 0.15) is 13.8 Å². The zero-order valence-corrected chi connectivity index (χ0v) is 10.3. The van der Waals surface area contributed by atoms with Crippen LogP contribution >= 0.6 is 0 Å². The molecule has 1 aliphatic heterocycles. The maximum atomic E-state index is 11.2. The van der Waals surface area contributed by atoms with E-state index in [1.54, 1.807) is 0 Å². The maximum Gasteiger partial charge on any atom is 0.490 e. The van der Waals surface area contributed by atoms with E-state index in [-0.39, 0.29) is 11.4 Å². The third-order valence-electron chi connectivity index (χ3n) is 2.76. The van der Waals surface area contributed by atoms with Crippen molar-refractivity contribution in [3.8, 4) is 0 Å². The molecule has 1 heterocycles. The van der Waals surface area contributed by atoms with Crippen LogP contribution in [0.2, 0.25) is 0 Å². The summed E-state index contributed by atoms with van der Waals surface area (Å²) < 4.78 is 36.4. The number of rotatable bonds is 2. The minimum Gasteiger partial charge on any atom is -0.475 e. The molecule has 8 heteroatoms. The van der Waals surface area contributed by atoms with E-state index in [1.165, 1.54) is 7.11 Å². The highest BCUT2D eigenvalue weighted by Crippen LogP contribution is 2.30. The summed E-state index contributed by atoms with van der Waals surface area (Å²) in [6, 6.07) is 0. The second-order valence-corrected chi connectivity index (χ2v) is 4.37. The van der Waals surface area contributed by atoms with Crippen LogP contribution in [0.3, 0.4) is 0 Å². The fourth-order valence-corrected chi connectivity index (χ4v) is 1.23. The lowest BCUT2D eigenvalue weighted by molar-refractivity contribution is -0.192. The molecular weight excluding hydrogens is 255 g/mol. The van der Waals surface area contributed by atoms with Gasteiger partial charge in [-0.1, -0.05) is 0 Å². The van der Waals surface area contributed by atoms with Gasteiger partial charge in [-0.05, 0) is 19.8 Å². The molecule has 106 valence electrons. The lowest BCUT2D eigenvalue weighted by atomic mass is 9.75. The SMILES string of the molecule is COC(=O)C(C)(C)C1CNC1.O=C(O)C(F)(F)F. The summed E-state index contributed by atoms with van der Waals surface area (Å²) in [5, 5.41) is 10.3. The predicted octanol–water partition coefficient (Wildman–Crippen LogP) is 1.04. The fraction of sp³-hybridized carbons (Fsp3) is 0.800. The van der Waals surface area contributed by atoms with Crippen molar-refractivity contribution in [2.45, 2.75) is 20.0 Å². The number of nitrogens with one attached hydrogen (secondary N) is 1. The van der Waals surface area contributed by atoms with Crippen LogP contribution in [-0.2, 0) is 14.3 Å². The van der Waals surface area contributed by atoms with Crippen molar-refractivity contribution in [2.24, 2.45) is 11.3 Å². The summed E-state index contributed by atoms with van der Waals surface area (Å²) >= 11 is 0. The molecule has 1 fully saturated rings. The number of carbonyl (C=O) groups is 2. The van der Waals surface area contributed by atoms with Crippen molar-refractivity contribution in [3.63, 3.8) is 0 Å². The molecule has 5 nitrogen and oxygen atoms in total. The number of esters is 1. The quantitative estimate of drug-likeness (QED) is 0.734. The van der Waals surface area contributed by atoms with E-state index in [4.69, 9.17) is 14.6 Å². The minimum atomic E-state index is -5.08. The Hall–Kier alpha value is -1.31. The molecule has 0 saturated carbocycles. The molecular formula is C10H16F3NO4. The van der Waals surface area contributed by atoms with Gasteiger partial charge >= 0.3 is 18.1 Å². The van der Waals surface area contributed by atoms with Crippen LogP contribution < -0.4 is 5.32 Å². The van der Waals surface area contributed by atoms with Crippen LogP contribution in [0.5, 0.6) is 0 Å². The number of methoxy groups -OCH3 is 1. The average Bonchev–Trinajstić information content (AvgIpc) is 2.12. The van der Waals surface area contributed by atoms with Gasteiger partial charge in [0.2, 0.25) is 0 Å². The summed E-state index contributed by atoms with van der Waals surface area (Å²) in [6.45, 7) is 5.74. The standard InChI is InChI=1S/C8H15NO2.C2HF3O2/c1-8(2,7(10)11-3)6-4-9-5-6;3-2(4,5)1(6)7/h6,9H,4-5H2,1-3H3;(H,6,7). The number of aliphatic carboxylic acids is 1. The number of hydrogen-bond acceptors (Lipinski definition) is 4. The van der Waals surface area contributed by atoms with E-state index in [9.17, 15) is 18.0 Å². The van der Waals surface area contributed by atoms with Gasteiger partial charge in [0.15, 0.2) is 0 Å². The van der Waals surface area contributed by atoms with E-state index in [2.05, 4.69) is 5.32 Å².